The molecule has 112 valence electrons. The molecule has 0 saturated heterocycles. The fourth-order valence-corrected chi connectivity index (χ4v) is 2.35. The zero-order valence-electron chi connectivity index (χ0n) is 12.8. The lowest BCUT2D eigenvalue weighted by atomic mass is 10.2. The van der Waals surface area contributed by atoms with E-state index in [-0.39, 0.29) is 5.82 Å². The first kappa shape index (κ1) is 15.2. The minimum absolute atomic E-state index is 0.249. The van der Waals surface area contributed by atoms with Crippen molar-refractivity contribution in [1.82, 2.24) is 10.3 Å². The van der Waals surface area contributed by atoms with Gasteiger partial charge in [-0.3, -0.25) is 0 Å². The molecular formula is C16H26FN3. The molecule has 1 aromatic heterocycles. The highest BCUT2D eigenvalue weighted by Crippen LogP contribution is 2.32. The van der Waals surface area contributed by atoms with E-state index >= 15 is 0 Å². The van der Waals surface area contributed by atoms with Gasteiger partial charge in [-0.25, -0.2) is 9.37 Å². The number of nitrogens with zero attached hydrogens (tertiary/aromatic N) is 2. The number of nitrogens with one attached hydrogen (secondary N) is 1. The minimum atomic E-state index is -0.249. The van der Waals surface area contributed by atoms with Crippen molar-refractivity contribution in [3.63, 3.8) is 0 Å². The van der Waals surface area contributed by atoms with Gasteiger partial charge in [0.05, 0.1) is 6.20 Å². The number of halogens is 1. The van der Waals surface area contributed by atoms with Crippen molar-refractivity contribution in [3.05, 3.63) is 23.6 Å². The molecule has 0 spiro atoms. The van der Waals surface area contributed by atoms with Gasteiger partial charge in [-0.15, -0.1) is 0 Å². The monoisotopic (exact) mass is 279 g/mol. The third kappa shape index (κ3) is 4.17. The number of hydrogen-bond donors (Lipinski definition) is 1. The second-order valence-corrected chi connectivity index (χ2v) is 5.95. The van der Waals surface area contributed by atoms with Crippen LogP contribution in [-0.4, -0.2) is 23.6 Å². The van der Waals surface area contributed by atoms with Gasteiger partial charge in [-0.05, 0) is 25.3 Å². The highest BCUT2D eigenvalue weighted by Gasteiger charge is 2.30. The largest absolute Gasteiger partial charge is 0.353 e. The van der Waals surface area contributed by atoms with Crippen LogP contribution in [0.1, 0.15) is 52.0 Å². The van der Waals surface area contributed by atoms with Crippen LogP contribution in [0.4, 0.5) is 10.2 Å². The van der Waals surface area contributed by atoms with E-state index in [1.165, 1.54) is 25.5 Å². The summed E-state index contributed by atoms with van der Waals surface area (Å²) in [6.07, 6.45) is 6.14. The van der Waals surface area contributed by atoms with Gasteiger partial charge < -0.3 is 10.2 Å². The maximum absolute atomic E-state index is 13.5. The zero-order valence-corrected chi connectivity index (χ0v) is 12.8. The molecule has 1 heterocycles. The zero-order chi connectivity index (χ0) is 14.5. The number of unbranched alkanes of at least 4 members (excludes halogenated alkanes) is 1. The van der Waals surface area contributed by atoms with Crippen LogP contribution in [0.5, 0.6) is 0 Å². The first-order valence-corrected chi connectivity index (χ1v) is 7.76. The van der Waals surface area contributed by atoms with Crippen molar-refractivity contribution in [1.29, 1.82) is 0 Å². The number of aromatic nitrogens is 1. The van der Waals surface area contributed by atoms with Crippen LogP contribution in [0.2, 0.25) is 0 Å². The Morgan fingerprint density at radius 1 is 1.45 bits per heavy atom. The van der Waals surface area contributed by atoms with Crippen molar-refractivity contribution in [2.75, 3.05) is 11.4 Å². The predicted molar refractivity (Wildman–Crippen MR) is 81.4 cm³/mol. The van der Waals surface area contributed by atoms with Gasteiger partial charge in [0.25, 0.3) is 0 Å². The second kappa shape index (κ2) is 7.02. The molecule has 1 saturated carbocycles. The summed E-state index contributed by atoms with van der Waals surface area (Å²) in [7, 11) is 0. The van der Waals surface area contributed by atoms with Crippen LogP contribution in [-0.2, 0) is 6.54 Å². The molecule has 2 rings (SSSR count). The highest BCUT2D eigenvalue weighted by atomic mass is 19.1. The summed E-state index contributed by atoms with van der Waals surface area (Å²) in [5, 5.41) is 3.37. The van der Waals surface area contributed by atoms with Crippen LogP contribution in [0, 0.1) is 5.82 Å². The van der Waals surface area contributed by atoms with Crippen LogP contribution >= 0.6 is 0 Å². The summed E-state index contributed by atoms with van der Waals surface area (Å²) in [4.78, 5) is 6.76. The van der Waals surface area contributed by atoms with Gasteiger partial charge in [-0.2, -0.15) is 0 Å². The summed E-state index contributed by atoms with van der Waals surface area (Å²) >= 11 is 0. The van der Waals surface area contributed by atoms with E-state index < -0.39 is 0 Å². The van der Waals surface area contributed by atoms with Crippen LogP contribution in [0.3, 0.4) is 0 Å². The molecule has 4 heteroatoms. The van der Waals surface area contributed by atoms with E-state index in [1.807, 2.05) is 0 Å². The third-order valence-corrected chi connectivity index (χ3v) is 3.62. The van der Waals surface area contributed by atoms with E-state index in [1.54, 1.807) is 6.07 Å². The van der Waals surface area contributed by atoms with Crippen molar-refractivity contribution in [2.24, 2.45) is 0 Å². The van der Waals surface area contributed by atoms with Crippen molar-refractivity contribution in [2.45, 2.75) is 65.1 Å². The predicted octanol–water partition coefficient (Wildman–Crippen LogP) is 3.49. The smallest absolute Gasteiger partial charge is 0.141 e. The lowest BCUT2D eigenvalue weighted by molar-refractivity contribution is 0.574. The van der Waals surface area contributed by atoms with Gasteiger partial charge >= 0.3 is 0 Å². The first-order valence-electron chi connectivity index (χ1n) is 7.76. The molecule has 1 fully saturated rings. The van der Waals surface area contributed by atoms with E-state index in [0.717, 1.165) is 24.3 Å². The molecule has 0 amide bonds. The van der Waals surface area contributed by atoms with E-state index in [9.17, 15) is 4.39 Å². The molecule has 0 aromatic carbocycles. The fraction of sp³-hybridized carbons (Fsp3) is 0.688. The molecule has 1 aliphatic rings. The number of rotatable bonds is 8. The Kier molecular flexibility index (Phi) is 5.35. The standard InChI is InChI=1S/C16H26FN3/c1-4-5-8-20(15-6-7-15)16-13(10-18-12(2)3)9-14(17)11-19-16/h9,11-12,15,18H,4-8,10H2,1-3H3. The minimum Gasteiger partial charge on any atom is -0.353 e. The Morgan fingerprint density at radius 3 is 2.80 bits per heavy atom. The van der Waals surface area contributed by atoms with Gasteiger partial charge in [0.2, 0.25) is 0 Å². The molecule has 1 aromatic rings. The Morgan fingerprint density at radius 2 is 2.20 bits per heavy atom. The maximum atomic E-state index is 13.5. The molecule has 0 radical (unpaired) electrons. The normalized spacial score (nSPS) is 14.8. The molecule has 0 atom stereocenters. The first-order chi connectivity index (χ1) is 9.61. The summed E-state index contributed by atoms with van der Waals surface area (Å²) in [5.74, 6) is 0.719. The molecule has 0 bridgehead atoms. The third-order valence-electron chi connectivity index (χ3n) is 3.62. The van der Waals surface area contributed by atoms with Crippen molar-refractivity contribution >= 4 is 5.82 Å². The number of anilines is 1. The summed E-state index contributed by atoms with van der Waals surface area (Å²) in [6.45, 7) is 8.09. The molecule has 1 aliphatic carbocycles. The van der Waals surface area contributed by atoms with Crippen molar-refractivity contribution < 1.29 is 4.39 Å². The van der Waals surface area contributed by atoms with Gasteiger partial charge in [-0.1, -0.05) is 27.2 Å². The van der Waals surface area contributed by atoms with Crippen LogP contribution < -0.4 is 10.2 Å². The lowest BCUT2D eigenvalue weighted by Gasteiger charge is -2.26. The molecule has 20 heavy (non-hydrogen) atoms. The number of hydrogen-bond acceptors (Lipinski definition) is 3. The summed E-state index contributed by atoms with van der Waals surface area (Å²) in [6, 6.07) is 2.62. The Bertz CT molecular complexity index is 430. The molecular weight excluding hydrogens is 253 g/mol. The average Bonchev–Trinajstić information content (AvgIpc) is 3.23. The van der Waals surface area contributed by atoms with Crippen LogP contribution in [0.25, 0.3) is 0 Å². The Labute approximate surface area is 121 Å². The number of pyridine rings is 1. The molecule has 1 N–H and O–H groups in total. The van der Waals surface area contributed by atoms with Gasteiger partial charge in [0.15, 0.2) is 0 Å². The van der Waals surface area contributed by atoms with Crippen molar-refractivity contribution in [3.8, 4) is 0 Å². The van der Waals surface area contributed by atoms with E-state index in [2.05, 4.69) is 36.0 Å². The SMILES string of the molecule is CCCCN(c1ncc(F)cc1CNC(C)C)C1CC1. The summed E-state index contributed by atoms with van der Waals surface area (Å²) < 4.78 is 13.5. The quantitative estimate of drug-likeness (QED) is 0.789. The van der Waals surface area contributed by atoms with Gasteiger partial charge in [0.1, 0.15) is 11.6 Å². The molecule has 3 nitrogen and oxygen atoms in total. The van der Waals surface area contributed by atoms with E-state index in [4.69, 9.17) is 0 Å². The molecule has 0 aliphatic heterocycles. The highest BCUT2D eigenvalue weighted by molar-refractivity contribution is 5.49. The van der Waals surface area contributed by atoms with Crippen LogP contribution in [0.15, 0.2) is 12.3 Å². The lowest BCUT2D eigenvalue weighted by Crippen LogP contribution is -2.30. The molecule has 0 unspecified atom stereocenters. The Hall–Kier alpha value is -1.16. The van der Waals surface area contributed by atoms with Gasteiger partial charge in [0, 0.05) is 30.7 Å². The van der Waals surface area contributed by atoms with E-state index in [0.29, 0.717) is 18.6 Å². The summed E-state index contributed by atoms with van der Waals surface area (Å²) in [5.41, 5.74) is 0.974. The maximum Gasteiger partial charge on any atom is 0.141 e. The fourth-order valence-electron chi connectivity index (χ4n) is 2.35. The second-order valence-electron chi connectivity index (χ2n) is 5.95. The Balaban J connectivity index is 2.18. The topological polar surface area (TPSA) is 28.2 Å². The average molecular weight is 279 g/mol.